The van der Waals surface area contributed by atoms with Gasteiger partial charge in [-0.3, -0.25) is 20.4 Å². The van der Waals surface area contributed by atoms with Gasteiger partial charge in [0.1, 0.15) is 11.6 Å². The molecule has 0 aliphatic carbocycles. The van der Waals surface area contributed by atoms with Crippen molar-refractivity contribution in [2.75, 3.05) is 6.61 Å². The standard InChI is InChI=1S/C19H19FN2O3/c1-13-3-9-17(14(2)11-13)25-12-19(24)22-21-18(23)10-6-15-4-7-16(20)8-5-15/h3-11H,12H2,1-2H3,(H,21,23)(H,22,24)/b10-6+. The van der Waals surface area contributed by atoms with E-state index in [9.17, 15) is 14.0 Å². The third-order valence-corrected chi connectivity index (χ3v) is 3.31. The van der Waals surface area contributed by atoms with Crippen LogP contribution in [0.5, 0.6) is 5.75 Å². The van der Waals surface area contributed by atoms with Gasteiger partial charge in [0.15, 0.2) is 6.61 Å². The molecule has 5 nitrogen and oxygen atoms in total. The van der Waals surface area contributed by atoms with E-state index in [0.29, 0.717) is 11.3 Å². The Balaban J connectivity index is 1.75. The van der Waals surface area contributed by atoms with Gasteiger partial charge in [-0.1, -0.05) is 29.8 Å². The summed E-state index contributed by atoms with van der Waals surface area (Å²) >= 11 is 0. The Kier molecular flexibility index (Phi) is 6.28. The van der Waals surface area contributed by atoms with Crippen molar-refractivity contribution in [3.05, 3.63) is 71.0 Å². The summed E-state index contributed by atoms with van der Waals surface area (Å²) in [5.41, 5.74) is 7.20. The predicted molar refractivity (Wildman–Crippen MR) is 93.1 cm³/mol. The van der Waals surface area contributed by atoms with E-state index in [0.717, 1.165) is 11.1 Å². The third-order valence-electron chi connectivity index (χ3n) is 3.31. The van der Waals surface area contributed by atoms with Crippen molar-refractivity contribution in [3.8, 4) is 5.75 Å². The molecule has 2 amide bonds. The van der Waals surface area contributed by atoms with E-state index in [2.05, 4.69) is 10.9 Å². The van der Waals surface area contributed by atoms with Crippen LogP contribution < -0.4 is 15.6 Å². The van der Waals surface area contributed by atoms with Gasteiger partial charge in [0.25, 0.3) is 11.8 Å². The van der Waals surface area contributed by atoms with Crippen LogP contribution in [-0.4, -0.2) is 18.4 Å². The number of hydrogen-bond acceptors (Lipinski definition) is 3. The molecule has 0 saturated heterocycles. The Morgan fingerprint density at radius 3 is 2.48 bits per heavy atom. The second kappa shape index (κ2) is 8.63. The number of benzene rings is 2. The number of hydrogen-bond donors (Lipinski definition) is 2. The zero-order chi connectivity index (χ0) is 18.2. The Hall–Kier alpha value is -3.15. The van der Waals surface area contributed by atoms with E-state index in [1.54, 1.807) is 6.07 Å². The van der Waals surface area contributed by atoms with Gasteiger partial charge in [0.2, 0.25) is 0 Å². The van der Waals surface area contributed by atoms with Crippen LogP contribution in [0.2, 0.25) is 0 Å². The molecule has 0 unspecified atom stereocenters. The number of rotatable bonds is 5. The summed E-state index contributed by atoms with van der Waals surface area (Å²) in [7, 11) is 0. The number of ether oxygens (including phenoxy) is 1. The minimum absolute atomic E-state index is 0.216. The molecule has 0 fully saturated rings. The van der Waals surface area contributed by atoms with E-state index in [1.165, 1.54) is 36.4 Å². The highest BCUT2D eigenvalue weighted by Gasteiger charge is 2.05. The average molecular weight is 342 g/mol. The van der Waals surface area contributed by atoms with Gasteiger partial charge in [-0.15, -0.1) is 0 Å². The van der Waals surface area contributed by atoms with Gasteiger partial charge in [-0.25, -0.2) is 4.39 Å². The van der Waals surface area contributed by atoms with Crippen molar-refractivity contribution in [1.29, 1.82) is 0 Å². The molecule has 2 N–H and O–H groups in total. The van der Waals surface area contributed by atoms with Gasteiger partial charge in [0.05, 0.1) is 0 Å². The average Bonchev–Trinajstić information content (AvgIpc) is 2.58. The smallest absolute Gasteiger partial charge is 0.276 e. The second-order valence-electron chi connectivity index (χ2n) is 5.48. The zero-order valence-corrected chi connectivity index (χ0v) is 14.0. The van der Waals surface area contributed by atoms with Gasteiger partial charge in [0, 0.05) is 6.08 Å². The molecule has 0 bridgehead atoms. The summed E-state index contributed by atoms with van der Waals surface area (Å²) in [6, 6.07) is 11.3. The lowest BCUT2D eigenvalue weighted by atomic mass is 10.1. The van der Waals surface area contributed by atoms with E-state index >= 15 is 0 Å². The van der Waals surface area contributed by atoms with Crippen LogP contribution in [0.15, 0.2) is 48.5 Å². The molecule has 0 aromatic heterocycles. The molecule has 0 atom stereocenters. The number of hydrazine groups is 1. The first-order valence-electron chi connectivity index (χ1n) is 7.66. The van der Waals surface area contributed by atoms with E-state index in [-0.39, 0.29) is 12.4 Å². The SMILES string of the molecule is Cc1ccc(OCC(=O)NNC(=O)/C=C/c2ccc(F)cc2)c(C)c1. The van der Waals surface area contributed by atoms with Crippen LogP contribution in [0.25, 0.3) is 6.08 Å². The molecule has 0 saturated carbocycles. The highest BCUT2D eigenvalue weighted by molar-refractivity contribution is 5.93. The Bertz CT molecular complexity index is 786. The van der Waals surface area contributed by atoms with Crippen LogP contribution in [0.3, 0.4) is 0 Å². The molecule has 0 aliphatic heterocycles. The van der Waals surface area contributed by atoms with Crippen LogP contribution in [0.4, 0.5) is 4.39 Å². The number of nitrogens with one attached hydrogen (secondary N) is 2. The highest BCUT2D eigenvalue weighted by atomic mass is 19.1. The summed E-state index contributed by atoms with van der Waals surface area (Å²) in [4.78, 5) is 23.3. The molecule has 0 spiro atoms. The molecule has 6 heteroatoms. The molecule has 0 radical (unpaired) electrons. The first-order valence-corrected chi connectivity index (χ1v) is 7.66. The van der Waals surface area contributed by atoms with Crippen molar-refractivity contribution in [2.24, 2.45) is 0 Å². The number of carbonyl (C=O) groups excluding carboxylic acids is 2. The summed E-state index contributed by atoms with van der Waals surface area (Å²) < 4.78 is 18.2. The summed E-state index contributed by atoms with van der Waals surface area (Å²) in [5.74, 6) is -0.728. The van der Waals surface area contributed by atoms with Crippen LogP contribution in [0.1, 0.15) is 16.7 Å². The Morgan fingerprint density at radius 2 is 1.80 bits per heavy atom. The van der Waals surface area contributed by atoms with Crippen molar-refractivity contribution in [2.45, 2.75) is 13.8 Å². The maximum atomic E-state index is 12.8. The van der Waals surface area contributed by atoms with Gasteiger partial charge in [-0.2, -0.15) is 0 Å². The second-order valence-corrected chi connectivity index (χ2v) is 5.48. The number of halogens is 1. The fraction of sp³-hybridized carbons (Fsp3) is 0.158. The minimum atomic E-state index is -0.510. The minimum Gasteiger partial charge on any atom is -0.483 e. The summed E-state index contributed by atoms with van der Waals surface area (Å²) in [6.07, 6.45) is 2.74. The predicted octanol–water partition coefficient (Wildman–Crippen LogP) is 2.68. The first kappa shape index (κ1) is 18.2. The molecular formula is C19H19FN2O3. The van der Waals surface area contributed by atoms with Gasteiger partial charge in [-0.05, 0) is 49.2 Å². The number of aryl methyl sites for hydroxylation is 2. The first-order chi connectivity index (χ1) is 11.9. The lowest BCUT2D eigenvalue weighted by molar-refractivity contribution is -0.128. The molecule has 2 rings (SSSR count). The number of amides is 2. The van der Waals surface area contributed by atoms with Crippen LogP contribution >= 0.6 is 0 Å². The van der Waals surface area contributed by atoms with Crippen molar-refractivity contribution in [3.63, 3.8) is 0 Å². The van der Waals surface area contributed by atoms with Crippen molar-refractivity contribution < 1.29 is 18.7 Å². The van der Waals surface area contributed by atoms with Crippen molar-refractivity contribution >= 4 is 17.9 Å². The maximum absolute atomic E-state index is 12.8. The van der Waals surface area contributed by atoms with Crippen LogP contribution in [0, 0.1) is 19.7 Å². The highest BCUT2D eigenvalue weighted by Crippen LogP contribution is 2.18. The summed E-state index contributed by atoms with van der Waals surface area (Å²) in [6.45, 7) is 3.65. The molecule has 130 valence electrons. The largest absolute Gasteiger partial charge is 0.483 e. The molecule has 0 aliphatic rings. The quantitative estimate of drug-likeness (QED) is 0.648. The lowest BCUT2D eigenvalue weighted by Crippen LogP contribution is -2.43. The molecule has 25 heavy (non-hydrogen) atoms. The fourth-order valence-electron chi connectivity index (χ4n) is 2.06. The van der Waals surface area contributed by atoms with Crippen LogP contribution in [-0.2, 0) is 9.59 Å². The topological polar surface area (TPSA) is 67.4 Å². The van der Waals surface area contributed by atoms with Gasteiger partial charge >= 0.3 is 0 Å². The zero-order valence-electron chi connectivity index (χ0n) is 14.0. The van der Waals surface area contributed by atoms with Gasteiger partial charge < -0.3 is 4.74 Å². The fourth-order valence-corrected chi connectivity index (χ4v) is 2.06. The molecular weight excluding hydrogens is 323 g/mol. The monoisotopic (exact) mass is 342 g/mol. The Labute approximate surface area is 145 Å². The van der Waals surface area contributed by atoms with E-state index in [1.807, 2.05) is 26.0 Å². The van der Waals surface area contributed by atoms with Crippen molar-refractivity contribution in [1.82, 2.24) is 10.9 Å². The number of carbonyl (C=O) groups is 2. The molecule has 2 aromatic carbocycles. The van der Waals surface area contributed by atoms with E-state index in [4.69, 9.17) is 4.74 Å². The lowest BCUT2D eigenvalue weighted by Gasteiger charge is -2.10. The summed E-state index contributed by atoms with van der Waals surface area (Å²) in [5, 5.41) is 0. The Morgan fingerprint density at radius 1 is 1.08 bits per heavy atom. The van der Waals surface area contributed by atoms with E-state index < -0.39 is 11.8 Å². The third kappa shape index (κ3) is 6.10. The molecule has 2 aromatic rings. The normalized spacial score (nSPS) is 10.5. The maximum Gasteiger partial charge on any atom is 0.276 e. The molecule has 0 heterocycles.